The molecule has 1 heterocycles. The molecule has 0 aliphatic carbocycles. The normalized spacial score (nSPS) is 14.5. The standard InChI is InChI=1S/C26H30N2O2S/c1-29-25-18-22(12-13-24(25)30-20-21-8-4-3-5-9-21)19-27-14-16-28(17-15-27)23-10-6-7-11-26(23)31-2/h3-13,18H,14-17,19-20H2,1-2H3. The number of nitrogens with zero attached hydrogens (tertiary/aromatic N) is 2. The lowest BCUT2D eigenvalue weighted by atomic mass is 10.1. The molecule has 0 radical (unpaired) electrons. The van der Waals surface area contributed by atoms with Crippen LogP contribution >= 0.6 is 11.8 Å². The lowest BCUT2D eigenvalue weighted by Crippen LogP contribution is -2.46. The van der Waals surface area contributed by atoms with Crippen molar-refractivity contribution >= 4 is 17.4 Å². The predicted molar refractivity (Wildman–Crippen MR) is 129 cm³/mol. The Balaban J connectivity index is 1.34. The van der Waals surface area contributed by atoms with E-state index in [4.69, 9.17) is 9.47 Å². The first-order chi connectivity index (χ1) is 15.3. The Morgan fingerprint density at radius 1 is 0.806 bits per heavy atom. The summed E-state index contributed by atoms with van der Waals surface area (Å²) in [6.07, 6.45) is 2.15. The van der Waals surface area contributed by atoms with Gasteiger partial charge in [-0.25, -0.2) is 0 Å². The van der Waals surface area contributed by atoms with E-state index in [1.807, 2.05) is 36.0 Å². The molecule has 0 atom stereocenters. The smallest absolute Gasteiger partial charge is 0.161 e. The zero-order chi connectivity index (χ0) is 21.5. The van der Waals surface area contributed by atoms with E-state index >= 15 is 0 Å². The molecule has 0 aromatic heterocycles. The molecule has 1 aliphatic rings. The summed E-state index contributed by atoms with van der Waals surface area (Å²) in [7, 11) is 1.70. The average molecular weight is 435 g/mol. The topological polar surface area (TPSA) is 24.9 Å². The summed E-state index contributed by atoms with van der Waals surface area (Å²) in [5.41, 5.74) is 3.76. The van der Waals surface area contributed by atoms with E-state index in [-0.39, 0.29) is 0 Å². The summed E-state index contributed by atoms with van der Waals surface area (Å²) in [4.78, 5) is 6.37. The zero-order valence-electron chi connectivity index (χ0n) is 18.3. The Morgan fingerprint density at radius 2 is 1.55 bits per heavy atom. The van der Waals surface area contributed by atoms with E-state index < -0.39 is 0 Å². The number of piperazine rings is 1. The van der Waals surface area contributed by atoms with Crippen LogP contribution in [0.2, 0.25) is 0 Å². The van der Waals surface area contributed by atoms with Gasteiger partial charge in [-0.1, -0.05) is 48.5 Å². The van der Waals surface area contributed by atoms with Gasteiger partial charge in [-0.15, -0.1) is 11.8 Å². The fourth-order valence-electron chi connectivity index (χ4n) is 3.96. The van der Waals surface area contributed by atoms with Crippen molar-refractivity contribution in [3.63, 3.8) is 0 Å². The molecule has 1 saturated heterocycles. The van der Waals surface area contributed by atoms with Crippen molar-refractivity contribution in [3.8, 4) is 11.5 Å². The predicted octanol–water partition coefficient (Wildman–Crippen LogP) is 5.32. The van der Waals surface area contributed by atoms with Crippen molar-refractivity contribution in [1.29, 1.82) is 0 Å². The lowest BCUT2D eigenvalue weighted by molar-refractivity contribution is 0.248. The molecule has 0 N–H and O–H groups in total. The Bertz CT molecular complexity index is 972. The van der Waals surface area contributed by atoms with Gasteiger partial charge in [0.25, 0.3) is 0 Å². The van der Waals surface area contributed by atoms with Crippen molar-refractivity contribution in [2.24, 2.45) is 0 Å². The number of thioether (sulfide) groups is 1. The molecule has 0 unspecified atom stereocenters. The maximum Gasteiger partial charge on any atom is 0.161 e. The minimum atomic E-state index is 0.538. The van der Waals surface area contributed by atoms with Crippen molar-refractivity contribution < 1.29 is 9.47 Å². The summed E-state index contributed by atoms with van der Waals surface area (Å²) in [5.74, 6) is 1.58. The van der Waals surface area contributed by atoms with Crippen molar-refractivity contribution in [1.82, 2.24) is 4.90 Å². The minimum Gasteiger partial charge on any atom is -0.493 e. The molecular weight excluding hydrogens is 404 g/mol. The molecule has 31 heavy (non-hydrogen) atoms. The first-order valence-corrected chi connectivity index (χ1v) is 11.9. The van der Waals surface area contributed by atoms with Gasteiger partial charge in [-0.3, -0.25) is 4.90 Å². The van der Waals surface area contributed by atoms with Crippen LogP contribution in [0, 0.1) is 0 Å². The maximum atomic E-state index is 6.00. The Morgan fingerprint density at radius 3 is 2.29 bits per heavy atom. The molecule has 0 bridgehead atoms. The van der Waals surface area contributed by atoms with E-state index in [2.05, 4.69) is 64.6 Å². The van der Waals surface area contributed by atoms with Crippen LogP contribution in [0.4, 0.5) is 5.69 Å². The number of hydrogen-bond acceptors (Lipinski definition) is 5. The third-order valence-corrected chi connectivity index (χ3v) is 6.45. The number of para-hydroxylation sites is 1. The molecule has 3 aromatic rings. The van der Waals surface area contributed by atoms with Gasteiger partial charge in [-0.2, -0.15) is 0 Å². The fraction of sp³-hybridized carbons (Fsp3) is 0.308. The van der Waals surface area contributed by atoms with Crippen LogP contribution in [0.15, 0.2) is 77.7 Å². The highest BCUT2D eigenvalue weighted by Crippen LogP contribution is 2.31. The van der Waals surface area contributed by atoms with Crippen LogP contribution in [0.25, 0.3) is 0 Å². The first-order valence-electron chi connectivity index (χ1n) is 10.7. The number of hydrogen-bond donors (Lipinski definition) is 0. The molecule has 0 saturated carbocycles. The van der Waals surface area contributed by atoms with Gasteiger partial charge in [0.1, 0.15) is 6.61 Å². The van der Waals surface area contributed by atoms with Crippen LogP contribution in [0.5, 0.6) is 11.5 Å². The third kappa shape index (κ3) is 5.54. The van der Waals surface area contributed by atoms with Gasteiger partial charge < -0.3 is 14.4 Å². The molecule has 0 amide bonds. The number of benzene rings is 3. The monoisotopic (exact) mass is 434 g/mol. The molecule has 0 spiro atoms. The highest BCUT2D eigenvalue weighted by Gasteiger charge is 2.19. The van der Waals surface area contributed by atoms with Crippen LogP contribution in [0.1, 0.15) is 11.1 Å². The van der Waals surface area contributed by atoms with E-state index in [1.54, 1.807) is 7.11 Å². The number of rotatable bonds is 8. The summed E-state index contributed by atoms with van der Waals surface area (Å²) < 4.78 is 11.6. The van der Waals surface area contributed by atoms with Crippen LogP contribution < -0.4 is 14.4 Å². The van der Waals surface area contributed by atoms with Gasteiger partial charge in [0.15, 0.2) is 11.5 Å². The molecule has 4 rings (SSSR count). The summed E-state index contributed by atoms with van der Waals surface area (Å²) >= 11 is 1.82. The van der Waals surface area contributed by atoms with E-state index in [0.717, 1.165) is 49.8 Å². The van der Waals surface area contributed by atoms with Gasteiger partial charge in [-0.05, 0) is 41.6 Å². The Kier molecular flexibility index (Phi) is 7.39. The molecule has 1 fully saturated rings. The van der Waals surface area contributed by atoms with E-state index in [0.29, 0.717) is 6.61 Å². The Hall–Kier alpha value is -2.63. The average Bonchev–Trinajstić information content (AvgIpc) is 2.84. The molecule has 1 aliphatic heterocycles. The molecule has 5 heteroatoms. The van der Waals surface area contributed by atoms with Crippen molar-refractivity contribution in [2.45, 2.75) is 18.0 Å². The number of anilines is 1. The Labute approximate surface area is 189 Å². The largest absolute Gasteiger partial charge is 0.493 e. The molecule has 162 valence electrons. The van der Waals surface area contributed by atoms with Crippen LogP contribution in [-0.2, 0) is 13.2 Å². The SMILES string of the molecule is COc1cc(CN2CCN(c3ccccc3SC)CC2)ccc1OCc1ccccc1. The van der Waals surface area contributed by atoms with Crippen molar-refractivity contribution in [2.75, 3.05) is 44.4 Å². The van der Waals surface area contributed by atoms with Crippen LogP contribution in [0.3, 0.4) is 0 Å². The number of ether oxygens (including phenoxy) is 2. The van der Waals surface area contributed by atoms with Crippen LogP contribution in [-0.4, -0.2) is 44.4 Å². The van der Waals surface area contributed by atoms with Gasteiger partial charge in [0, 0.05) is 37.6 Å². The molecular formula is C26H30N2O2S. The minimum absolute atomic E-state index is 0.538. The third-order valence-electron chi connectivity index (χ3n) is 5.67. The highest BCUT2D eigenvalue weighted by atomic mass is 32.2. The van der Waals surface area contributed by atoms with E-state index in [1.165, 1.54) is 16.1 Å². The van der Waals surface area contributed by atoms with Gasteiger partial charge >= 0.3 is 0 Å². The zero-order valence-corrected chi connectivity index (χ0v) is 19.1. The van der Waals surface area contributed by atoms with Gasteiger partial charge in [0.05, 0.1) is 12.8 Å². The lowest BCUT2D eigenvalue weighted by Gasteiger charge is -2.37. The molecule has 3 aromatic carbocycles. The van der Waals surface area contributed by atoms with E-state index in [9.17, 15) is 0 Å². The van der Waals surface area contributed by atoms with Gasteiger partial charge in [0.2, 0.25) is 0 Å². The molecule has 4 nitrogen and oxygen atoms in total. The second-order valence-corrected chi connectivity index (χ2v) is 8.54. The first kappa shape index (κ1) is 21.6. The van der Waals surface area contributed by atoms with Crippen molar-refractivity contribution in [3.05, 3.63) is 83.9 Å². The second-order valence-electron chi connectivity index (χ2n) is 7.69. The number of methoxy groups -OCH3 is 1. The maximum absolute atomic E-state index is 6.00. The summed E-state index contributed by atoms with van der Waals surface area (Å²) in [6.45, 7) is 5.66. The quantitative estimate of drug-likeness (QED) is 0.447. The fourth-order valence-corrected chi connectivity index (χ4v) is 4.58. The summed E-state index contributed by atoms with van der Waals surface area (Å²) in [5, 5.41) is 0. The highest BCUT2D eigenvalue weighted by molar-refractivity contribution is 7.98. The summed E-state index contributed by atoms with van der Waals surface area (Å²) in [6, 6.07) is 25.2. The second kappa shape index (κ2) is 10.6.